The number of carbonyl (C=O) groups excluding carboxylic acids is 1. The highest BCUT2D eigenvalue weighted by molar-refractivity contribution is 5.95. The summed E-state index contributed by atoms with van der Waals surface area (Å²) in [5.74, 6) is -0.133. The van der Waals surface area contributed by atoms with E-state index in [1.54, 1.807) is 0 Å². The highest BCUT2D eigenvalue weighted by Crippen LogP contribution is 2.34. The van der Waals surface area contributed by atoms with Gasteiger partial charge < -0.3 is 11.1 Å². The molecule has 0 aliphatic carbocycles. The van der Waals surface area contributed by atoms with E-state index in [0.717, 1.165) is 18.6 Å². The second-order valence-corrected chi connectivity index (χ2v) is 5.30. The van der Waals surface area contributed by atoms with Gasteiger partial charge in [-0.05, 0) is 37.5 Å². The van der Waals surface area contributed by atoms with Gasteiger partial charge >= 0.3 is 6.18 Å². The average Bonchev–Trinajstić information content (AvgIpc) is 2.26. The van der Waals surface area contributed by atoms with Gasteiger partial charge in [0.05, 0.1) is 5.56 Å². The zero-order valence-corrected chi connectivity index (χ0v) is 11.7. The van der Waals surface area contributed by atoms with Crippen molar-refractivity contribution < 1.29 is 18.0 Å². The first-order valence-electron chi connectivity index (χ1n) is 6.39. The van der Waals surface area contributed by atoms with E-state index >= 15 is 0 Å². The van der Waals surface area contributed by atoms with Crippen molar-refractivity contribution >= 4 is 11.6 Å². The topological polar surface area (TPSA) is 55.1 Å². The molecule has 0 radical (unpaired) electrons. The zero-order chi connectivity index (χ0) is 15.5. The Bertz CT molecular complexity index is 484. The summed E-state index contributed by atoms with van der Waals surface area (Å²) < 4.78 is 38.1. The molecule has 6 heteroatoms. The maximum Gasteiger partial charge on any atom is 0.418 e. The maximum absolute atomic E-state index is 12.7. The minimum atomic E-state index is -4.57. The molecule has 3 nitrogen and oxygen atoms in total. The summed E-state index contributed by atoms with van der Waals surface area (Å²) in [6.45, 7) is 5.83. The molecule has 0 saturated carbocycles. The van der Waals surface area contributed by atoms with Crippen LogP contribution < -0.4 is 11.1 Å². The smallest absolute Gasteiger partial charge is 0.398 e. The molecule has 1 aromatic carbocycles. The van der Waals surface area contributed by atoms with Gasteiger partial charge in [0.25, 0.3) is 5.91 Å². The third kappa shape index (κ3) is 4.43. The lowest BCUT2D eigenvalue weighted by Crippen LogP contribution is -2.33. The van der Waals surface area contributed by atoms with Crippen LogP contribution in [0.5, 0.6) is 0 Å². The Morgan fingerprint density at radius 3 is 2.40 bits per heavy atom. The quantitative estimate of drug-likeness (QED) is 0.834. The van der Waals surface area contributed by atoms with Gasteiger partial charge in [0.2, 0.25) is 0 Å². The van der Waals surface area contributed by atoms with Gasteiger partial charge in [0, 0.05) is 17.3 Å². The molecule has 1 amide bonds. The van der Waals surface area contributed by atoms with Crippen LogP contribution in [0.3, 0.4) is 0 Å². The normalized spacial score (nSPS) is 13.3. The van der Waals surface area contributed by atoms with Gasteiger partial charge in [-0.15, -0.1) is 0 Å². The van der Waals surface area contributed by atoms with Gasteiger partial charge in [-0.1, -0.05) is 13.8 Å². The molecule has 1 rings (SSSR count). The summed E-state index contributed by atoms with van der Waals surface area (Å²) in [6, 6.07) is 3.08. The van der Waals surface area contributed by atoms with E-state index in [1.165, 1.54) is 6.07 Å². The predicted molar refractivity (Wildman–Crippen MR) is 72.2 cm³/mol. The lowest BCUT2D eigenvalue weighted by Gasteiger charge is -2.17. The summed E-state index contributed by atoms with van der Waals surface area (Å²) in [7, 11) is 0. The number of nitrogen functional groups attached to an aromatic ring is 1. The molecule has 20 heavy (non-hydrogen) atoms. The van der Waals surface area contributed by atoms with Gasteiger partial charge in [-0.25, -0.2) is 0 Å². The first-order valence-corrected chi connectivity index (χ1v) is 6.39. The fourth-order valence-electron chi connectivity index (χ4n) is 2.02. The van der Waals surface area contributed by atoms with Crippen molar-refractivity contribution in [3.63, 3.8) is 0 Å². The lowest BCUT2D eigenvalue weighted by molar-refractivity contribution is -0.136. The number of alkyl halides is 3. The highest BCUT2D eigenvalue weighted by atomic mass is 19.4. The maximum atomic E-state index is 12.7. The van der Waals surface area contributed by atoms with Crippen LogP contribution in [0.15, 0.2) is 18.2 Å². The van der Waals surface area contributed by atoms with Crippen LogP contribution in [0, 0.1) is 5.92 Å². The van der Waals surface area contributed by atoms with Crippen molar-refractivity contribution in [3.8, 4) is 0 Å². The average molecular weight is 288 g/mol. The summed E-state index contributed by atoms with van der Waals surface area (Å²) in [6.07, 6.45) is -3.81. The fourth-order valence-corrected chi connectivity index (χ4v) is 2.02. The van der Waals surface area contributed by atoms with Crippen LogP contribution in [0.4, 0.5) is 18.9 Å². The minimum absolute atomic E-state index is 0.0397. The van der Waals surface area contributed by atoms with Gasteiger partial charge in [-0.2, -0.15) is 13.2 Å². The van der Waals surface area contributed by atoms with Crippen LogP contribution in [0.2, 0.25) is 0 Å². The Hall–Kier alpha value is -1.72. The van der Waals surface area contributed by atoms with Crippen LogP contribution >= 0.6 is 0 Å². The molecule has 0 aromatic heterocycles. The van der Waals surface area contributed by atoms with Crippen molar-refractivity contribution in [2.24, 2.45) is 5.92 Å². The molecule has 0 aliphatic heterocycles. The Kier molecular flexibility index (Phi) is 5.03. The monoisotopic (exact) mass is 288 g/mol. The van der Waals surface area contributed by atoms with E-state index in [9.17, 15) is 18.0 Å². The third-order valence-electron chi connectivity index (χ3n) is 2.82. The fraction of sp³-hybridized carbons (Fsp3) is 0.500. The molecule has 1 unspecified atom stereocenters. The number of hydrogen-bond donors (Lipinski definition) is 2. The summed E-state index contributed by atoms with van der Waals surface area (Å²) >= 11 is 0. The van der Waals surface area contributed by atoms with E-state index in [2.05, 4.69) is 5.32 Å². The van der Waals surface area contributed by atoms with Crippen LogP contribution in [0.25, 0.3) is 0 Å². The van der Waals surface area contributed by atoms with Crippen molar-refractivity contribution in [1.82, 2.24) is 5.32 Å². The third-order valence-corrected chi connectivity index (χ3v) is 2.82. The zero-order valence-electron chi connectivity index (χ0n) is 11.7. The molecule has 0 spiro atoms. The number of rotatable bonds is 4. The standard InChI is InChI=1S/C14H19F3N2O/c1-8(2)6-9(3)19-13(20)10-4-5-12(18)11(7-10)14(15,16)17/h4-5,7-9H,6,18H2,1-3H3,(H,19,20). The molecule has 0 saturated heterocycles. The number of nitrogens with one attached hydrogen (secondary N) is 1. The molecular weight excluding hydrogens is 269 g/mol. The van der Waals surface area contributed by atoms with Crippen LogP contribution in [-0.2, 0) is 6.18 Å². The van der Waals surface area contributed by atoms with E-state index in [4.69, 9.17) is 5.73 Å². The minimum Gasteiger partial charge on any atom is -0.398 e. The number of hydrogen-bond acceptors (Lipinski definition) is 2. The lowest BCUT2D eigenvalue weighted by atomic mass is 10.0. The van der Waals surface area contributed by atoms with E-state index in [0.29, 0.717) is 5.92 Å². The van der Waals surface area contributed by atoms with Crippen LogP contribution in [-0.4, -0.2) is 11.9 Å². The molecule has 0 heterocycles. The van der Waals surface area contributed by atoms with E-state index < -0.39 is 17.6 Å². The number of nitrogens with two attached hydrogens (primary N) is 1. The van der Waals surface area contributed by atoms with Gasteiger partial charge in [-0.3, -0.25) is 4.79 Å². The predicted octanol–water partition coefficient (Wildman–Crippen LogP) is 3.45. The van der Waals surface area contributed by atoms with Crippen molar-refractivity contribution in [1.29, 1.82) is 0 Å². The van der Waals surface area contributed by atoms with Crippen LogP contribution in [0.1, 0.15) is 43.1 Å². The summed E-state index contributed by atoms with van der Waals surface area (Å²) in [4.78, 5) is 11.9. The highest BCUT2D eigenvalue weighted by Gasteiger charge is 2.33. The van der Waals surface area contributed by atoms with E-state index in [1.807, 2.05) is 20.8 Å². The molecule has 1 aromatic rings. The second-order valence-electron chi connectivity index (χ2n) is 5.30. The van der Waals surface area contributed by atoms with Gasteiger partial charge in [0.1, 0.15) is 0 Å². The Morgan fingerprint density at radius 1 is 1.30 bits per heavy atom. The molecule has 112 valence electrons. The molecular formula is C14H19F3N2O. The molecule has 0 fully saturated rings. The summed E-state index contributed by atoms with van der Waals surface area (Å²) in [5, 5.41) is 2.68. The first-order chi connectivity index (χ1) is 9.11. The number of halogens is 3. The first kappa shape index (κ1) is 16.3. The van der Waals surface area contributed by atoms with Crippen molar-refractivity contribution in [2.45, 2.75) is 39.4 Å². The molecule has 0 aliphatic rings. The second kappa shape index (κ2) is 6.15. The Balaban J connectivity index is 2.89. The SMILES string of the molecule is CC(C)CC(C)NC(=O)c1ccc(N)c(C(F)(F)F)c1. The number of amides is 1. The summed E-state index contributed by atoms with van der Waals surface area (Å²) in [5.41, 5.74) is 3.88. The Labute approximate surface area is 116 Å². The number of carbonyl (C=O) groups is 1. The number of benzene rings is 1. The molecule has 0 bridgehead atoms. The molecule has 3 N–H and O–H groups in total. The molecule has 1 atom stereocenters. The van der Waals surface area contributed by atoms with Gasteiger partial charge in [0.15, 0.2) is 0 Å². The van der Waals surface area contributed by atoms with Crippen molar-refractivity contribution in [3.05, 3.63) is 29.3 Å². The van der Waals surface area contributed by atoms with Crippen molar-refractivity contribution in [2.75, 3.05) is 5.73 Å². The number of anilines is 1. The largest absolute Gasteiger partial charge is 0.418 e. The van der Waals surface area contributed by atoms with E-state index in [-0.39, 0.29) is 17.3 Å². The Morgan fingerprint density at radius 2 is 1.90 bits per heavy atom.